The number of anilines is 1. The van der Waals surface area contributed by atoms with Crippen molar-refractivity contribution in [3.63, 3.8) is 0 Å². The SMILES string of the molecule is CCNC(C)c1ccc(N(CCO)CCOC)c(Br)c1. The molecule has 5 heteroatoms. The van der Waals surface area contributed by atoms with Crippen molar-refractivity contribution in [2.75, 3.05) is 44.9 Å². The van der Waals surface area contributed by atoms with Gasteiger partial charge in [0.25, 0.3) is 0 Å². The molecule has 1 aromatic carbocycles. The van der Waals surface area contributed by atoms with E-state index in [9.17, 15) is 5.11 Å². The van der Waals surface area contributed by atoms with Gasteiger partial charge in [0.2, 0.25) is 0 Å². The Morgan fingerprint density at radius 2 is 2.15 bits per heavy atom. The summed E-state index contributed by atoms with van der Waals surface area (Å²) < 4.78 is 6.17. The molecular formula is C15H25BrN2O2. The van der Waals surface area contributed by atoms with Crippen LogP contribution in [0, 0.1) is 0 Å². The number of hydrogen-bond acceptors (Lipinski definition) is 4. The van der Waals surface area contributed by atoms with Gasteiger partial charge in [-0.25, -0.2) is 0 Å². The largest absolute Gasteiger partial charge is 0.395 e. The van der Waals surface area contributed by atoms with Gasteiger partial charge in [-0.3, -0.25) is 0 Å². The van der Waals surface area contributed by atoms with Crippen molar-refractivity contribution < 1.29 is 9.84 Å². The maximum atomic E-state index is 9.19. The van der Waals surface area contributed by atoms with Gasteiger partial charge in [-0.1, -0.05) is 13.0 Å². The van der Waals surface area contributed by atoms with E-state index < -0.39 is 0 Å². The Balaban J connectivity index is 2.88. The number of aliphatic hydroxyl groups excluding tert-OH is 1. The highest BCUT2D eigenvalue weighted by molar-refractivity contribution is 9.10. The van der Waals surface area contributed by atoms with E-state index in [0.717, 1.165) is 23.2 Å². The van der Waals surface area contributed by atoms with Gasteiger partial charge in [-0.05, 0) is 47.1 Å². The molecule has 0 fully saturated rings. The highest BCUT2D eigenvalue weighted by Crippen LogP contribution is 2.29. The molecule has 0 radical (unpaired) electrons. The molecule has 0 aliphatic heterocycles. The molecule has 0 bridgehead atoms. The van der Waals surface area contributed by atoms with E-state index in [4.69, 9.17) is 4.74 Å². The minimum absolute atomic E-state index is 0.131. The van der Waals surface area contributed by atoms with E-state index in [-0.39, 0.29) is 6.61 Å². The first-order valence-electron chi connectivity index (χ1n) is 7.01. The summed E-state index contributed by atoms with van der Waals surface area (Å²) in [5, 5.41) is 12.6. The van der Waals surface area contributed by atoms with Crippen LogP contribution in [0.5, 0.6) is 0 Å². The molecule has 0 saturated heterocycles. The standard InChI is InChI=1S/C15H25BrN2O2/c1-4-17-12(2)13-5-6-15(14(16)11-13)18(7-9-19)8-10-20-3/h5-6,11-12,17,19H,4,7-10H2,1-3H3. The van der Waals surface area contributed by atoms with E-state index in [1.165, 1.54) is 5.56 Å². The lowest BCUT2D eigenvalue weighted by Crippen LogP contribution is -2.30. The van der Waals surface area contributed by atoms with Gasteiger partial charge in [0.05, 0.1) is 18.9 Å². The van der Waals surface area contributed by atoms with E-state index in [0.29, 0.717) is 19.2 Å². The first kappa shape index (κ1) is 17.4. The summed E-state index contributed by atoms with van der Waals surface area (Å²) in [6, 6.07) is 6.69. The van der Waals surface area contributed by atoms with Crippen molar-refractivity contribution in [3.8, 4) is 0 Å². The number of halogens is 1. The molecule has 0 aliphatic rings. The summed E-state index contributed by atoms with van der Waals surface area (Å²) in [6.07, 6.45) is 0. The van der Waals surface area contributed by atoms with Gasteiger partial charge in [0.1, 0.15) is 0 Å². The topological polar surface area (TPSA) is 44.7 Å². The van der Waals surface area contributed by atoms with Crippen molar-refractivity contribution in [2.24, 2.45) is 0 Å². The van der Waals surface area contributed by atoms with E-state index in [1.54, 1.807) is 7.11 Å². The molecule has 0 saturated carbocycles. The molecule has 20 heavy (non-hydrogen) atoms. The number of methoxy groups -OCH3 is 1. The Morgan fingerprint density at radius 1 is 1.40 bits per heavy atom. The fraction of sp³-hybridized carbons (Fsp3) is 0.600. The zero-order valence-electron chi connectivity index (χ0n) is 12.5. The number of rotatable bonds is 9. The molecule has 114 valence electrons. The van der Waals surface area contributed by atoms with Gasteiger partial charge >= 0.3 is 0 Å². The van der Waals surface area contributed by atoms with Crippen LogP contribution in [0.25, 0.3) is 0 Å². The minimum atomic E-state index is 0.131. The molecule has 1 unspecified atom stereocenters. The Bertz CT molecular complexity index is 401. The van der Waals surface area contributed by atoms with Crippen LogP contribution >= 0.6 is 15.9 Å². The third-order valence-corrected chi connectivity index (χ3v) is 3.89. The number of nitrogens with one attached hydrogen (secondary N) is 1. The van der Waals surface area contributed by atoms with Crippen LogP contribution in [0.1, 0.15) is 25.5 Å². The fourth-order valence-electron chi connectivity index (χ4n) is 2.15. The van der Waals surface area contributed by atoms with Crippen LogP contribution < -0.4 is 10.2 Å². The van der Waals surface area contributed by atoms with Crippen LogP contribution in [-0.2, 0) is 4.74 Å². The molecule has 0 heterocycles. The first-order valence-corrected chi connectivity index (χ1v) is 7.80. The first-order chi connectivity index (χ1) is 9.63. The van der Waals surface area contributed by atoms with Crippen molar-refractivity contribution >= 4 is 21.6 Å². The van der Waals surface area contributed by atoms with E-state index in [1.807, 2.05) is 0 Å². The van der Waals surface area contributed by atoms with Gasteiger partial charge in [0.15, 0.2) is 0 Å². The van der Waals surface area contributed by atoms with Crippen LogP contribution in [-0.4, -0.2) is 45.1 Å². The summed E-state index contributed by atoms with van der Waals surface area (Å²) in [4.78, 5) is 2.12. The van der Waals surface area contributed by atoms with Crippen molar-refractivity contribution in [1.82, 2.24) is 5.32 Å². The average molecular weight is 345 g/mol. The smallest absolute Gasteiger partial charge is 0.0637 e. The molecule has 0 spiro atoms. The van der Waals surface area contributed by atoms with Gasteiger partial charge in [-0.15, -0.1) is 0 Å². The zero-order chi connectivity index (χ0) is 15.0. The van der Waals surface area contributed by atoms with Crippen LogP contribution in [0.3, 0.4) is 0 Å². The summed E-state index contributed by atoms with van der Waals surface area (Å²) in [5.74, 6) is 0. The number of ether oxygens (including phenoxy) is 1. The second kappa shape index (κ2) is 9.34. The normalized spacial score (nSPS) is 12.4. The number of benzene rings is 1. The predicted molar refractivity (Wildman–Crippen MR) is 87.4 cm³/mol. The number of aliphatic hydroxyl groups is 1. The number of hydrogen-bond donors (Lipinski definition) is 2. The maximum absolute atomic E-state index is 9.19. The maximum Gasteiger partial charge on any atom is 0.0637 e. The Labute approximate surface area is 130 Å². The zero-order valence-corrected chi connectivity index (χ0v) is 14.1. The van der Waals surface area contributed by atoms with E-state index in [2.05, 4.69) is 58.2 Å². The molecule has 4 nitrogen and oxygen atoms in total. The molecule has 1 atom stereocenters. The van der Waals surface area contributed by atoms with Crippen molar-refractivity contribution in [3.05, 3.63) is 28.2 Å². The Kier molecular flexibility index (Phi) is 8.14. The fourth-order valence-corrected chi connectivity index (χ4v) is 2.80. The molecule has 2 N–H and O–H groups in total. The predicted octanol–water partition coefficient (Wildman–Crippen LogP) is 2.56. The second-order valence-electron chi connectivity index (χ2n) is 4.69. The summed E-state index contributed by atoms with van der Waals surface area (Å²) in [7, 11) is 1.69. The summed E-state index contributed by atoms with van der Waals surface area (Å²) >= 11 is 3.64. The second-order valence-corrected chi connectivity index (χ2v) is 5.55. The van der Waals surface area contributed by atoms with Crippen LogP contribution in [0.2, 0.25) is 0 Å². The minimum Gasteiger partial charge on any atom is -0.395 e. The summed E-state index contributed by atoms with van der Waals surface area (Å²) in [6.45, 7) is 7.34. The Morgan fingerprint density at radius 3 is 2.70 bits per heavy atom. The molecule has 1 aromatic rings. The van der Waals surface area contributed by atoms with Gasteiger partial charge in [-0.2, -0.15) is 0 Å². The molecule has 1 rings (SSSR count). The third kappa shape index (κ3) is 5.05. The lowest BCUT2D eigenvalue weighted by atomic mass is 10.1. The lowest BCUT2D eigenvalue weighted by Gasteiger charge is -2.25. The van der Waals surface area contributed by atoms with Crippen molar-refractivity contribution in [2.45, 2.75) is 19.9 Å². The highest BCUT2D eigenvalue weighted by Gasteiger charge is 2.12. The average Bonchev–Trinajstić information content (AvgIpc) is 2.44. The van der Waals surface area contributed by atoms with Crippen LogP contribution in [0.4, 0.5) is 5.69 Å². The monoisotopic (exact) mass is 344 g/mol. The third-order valence-electron chi connectivity index (χ3n) is 3.26. The van der Waals surface area contributed by atoms with Gasteiger partial charge in [0, 0.05) is 30.7 Å². The molecule has 0 aliphatic carbocycles. The highest BCUT2D eigenvalue weighted by atomic mass is 79.9. The lowest BCUT2D eigenvalue weighted by molar-refractivity contribution is 0.203. The van der Waals surface area contributed by atoms with Crippen LogP contribution in [0.15, 0.2) is 22.7 Å². The molecular weight excluding hydrogens is 320 g/mol. The molecule has 0 aromatic heterocycles. The summed E-state index contributed by atoms with van der Waals surface area (Å²) in [5.41, 5.74) is 2.33. The Hall–Kier alpha value is -0.620. The quantitative estimate of drug-likeness (QED) is 0.722. The van der Waals surface area contributed by atoms with Crippen molar-refractivity contribution in [1.29, 1.82) is 0 Å². The number of nitrogens with zero attached hydrogens (tertiary/aromatic N) is 1. The molecule has 0 amide bonds. The van der Waals surface area contributed by atoms with E-state index >= 15 is 0 Å². The van der Waals surface area contributed by atoms with Gasteiger partial charge < -0.3 is 20.1 Å².